The molecular formula is C12H23NO3. The lowest BCUT2D eigenvalue weighted by atomic mass is 10.0. The Bertz CT molecular complexity index is 236. The van der Waals surface area contributed by atoms with E-state index in [1.807, 2.05) is 6.92 Å². The molecule has 0 aromatic heterocycles. The van der Waals surface area contributed by atoms with E-state index in [9.17, 15) is 4.79 Å². The summed E-state index contributed by atoms with van der Waals surface area (Å²) in [4.78, 5) is 11.0. The van der Waals surface area contributed by atoms with Crippen molar-refractivity contribution in [1.82, 2.24) is 5.32 Å². The Balaban J connectivity index is 2.22. The van der Waals surface area contributed by atoms with Crippen molar-refractivity contribution in [2.24, 2.45) is 5.92 Å². The number of hydrogen-bond donors (Lipinski definition) is 1. The number of nitrogens with one attached hydrogen (secondary N) is 1. The van der Waals surface area contributed by atoms with Crippen LogP contribution in [-0.4, -0.2) is 37.4 Å². The van der Waals surface area contributed by atoms with Crippen LogP contribution < -0.4 is 5.32 Å². The van der Waals surface area contributed by atoms with E-state index >= 15 is 0 Å². The van der Waals surface area contributed by atoms with Gasteiger partial charge in [0.2, 0.25) is 5.91 Å². The number of amides is 1. The molecule has 1 rings (SSSR count). The number of hydrogen-bond acceptors (Lipinski definition) is 3. The van der Waals surface area contributed by atoms with Gasteiger partial charge in [-0.25, -0.2) is 0 Å². The van der Waals surface area contributed by atoms with Crippen LogP contribution in [0, 0.1) is 5.92 Å². The van der Waals surface area contributed by atoms with Crippen molar-refractivity contribution in [3.05, 3.63) is 0 Å². The van der Waals surface area contributed by atoms with Gasteiger partial charge in [-0.1, -0.05) is 13.8 Å². The Kier molecular flexibility index (Phi) is 4.74. The van der Waals surface area contributed by atoms with Gasteiger partial charge in [-0.15, -0.1) is 0 Å². The molecule has 1 saturated heterocycles. The van der Waals surface area contributed by atoms with E-state index in [4.69, 9.17) is 9.47 Å². The molecule has 1 aliphatic rings. The van der Waals surface area contributed by atoms with Gasteiger partial charge in [0.15, 0.2) is 0 Å². The minimum Gasteiger partial charge on any atom is -0.376 e. The lowest BCUT2D eigenvalue weighted by Crippen LogP contribution is -2.38. The summed E-state index contributed by atoms with van der Waals surface area (Å²) < 4.78 is 10.8. The predicted octanol–water partition coefficient (Wildman–Crippen LogP) is 1.34. The zero-order chi connectivity index (χ0) is 12.2. The van der Waals surface area contributed by atoms with Crippen LogP contribution in [-0.2, 0) is 14.3 Å². The number of carbonyl (C=O) groups is 1. The minimum absolute atomic E-state index is 0.00290. The Morgan fingerprint density at radius 3 is 2.62 bits per heavy atom. The maximum Gasteiger partial charge on any atom is 0.217 e. The summed E-state index contributed by atoms with van der Waals surface area (Å²) in [6.45, 7) is 9.81. The third-order valence-electron chi connectivity index (χ3n) is 2.53. The van der Waals surface area contributed by atoms with Crippen molar-refractivity contribution in [3.8, 4) is 0 Å². The van der Waals surface area contributed by atoms with Gasteiger partial charge in [0.1, 0.15) is 5.60 Å². The summed E-state index contributed by atoms with van der Waals surface area (Å²) in [6, 6.07) is 0.111. The average molecular weight is 229 g/mol. The second-order valence-corrected chi connectivity index (χ2v) is 5.28. The second kappa shape index (κ2) is 5.64. The normalized spacial score (nSPS) is 25.6. The molecule has 0 saturated carbocycles. The van der Waals surface area contributed by atoms with Gasteiger partial charge in [0.25, 0.3) is 0 Å². The number of carbonyl (C=O) groups excluding carboxylic acids is 1. The topological polar surface area (TPSA) is 50.9 Å². The monoisotopic (exact) mass is 229 g/mol. The molecule has 94 valence electrons. The van der Waals surface area contributed by atoms with Gasteiger partial charge >= 0.3 is 0 Å². The van der Waals surface area contributed by atoms with Gasteiger partial charge in [-0.2, -0.15) is 0 Å². The molecule has 1 amide bonds. The fourth-order valence-electron chi connectivity index (χ4n) is 1.65. The average Bonchev–Trinajstić information content (AvgIpc) is 2.81. The lowest BCUT2D eigenvalue weighted by Gasteiger charge is -2.20. The van der Waals surface area contributed by atoms with E-state index in [-0.39, 0.29) is 17.6 Å². The van der Waals surface area contributed by atoms with E-state index in [2.05, 4.69) is 19.2 Å². The van der Waals surface area contributed by atoms with Crippen LogP contribution in [0.15, 0.2) is 0 Å². The van der Waals surface area contributed by atoms with Gasteiger partial charge in [0, 0.05) is 6.92 Å². The maximum absolute atomic E-state index is 11.0. The number of rotatable bonds is 7. The molecule has 1 fully saturated rings. The number of epoxide rings is 1. The SMILES string of the molecule is CC(=O)NC(COCC1(C)CO1)CC(C)C. The number of ether oxygens (including phenoxy) is 2. The van der Waals surface area contributed by atoms with Gasteiger partial charge in [0.05, 0.1) is 25.9 Å². The molecule has 0 bridgehead atoms. The molecule has 0 aromatic carbocycles. The first kappa shape index (κ1) is 13.5. The molecule has 0 aromatic rings. The largest absolute Gasteiger partial charge is 0.376 e. The summed E-state index contributed by atoms with van der Waals surface area (Å²) in [5, 5.41) is 2.91. The molecule has 0 spiro atoms. The summed E-state index contributed by atoms with van der Waals surface area (Å²) in [6.07, 6.45) is 0.942. The first-order valence-corrected chi connectivity index (χ1v) is 5.90. The Morgan fingerprint density at radius 1 is 1.56 bits per heavy atom. The molecule has 2 atom stereocenters. The van der Waals surface area contributed by atoms with Crippen molar-refractivity contribution in [3.63, 3.8) is 0 Å². The highest BCUT2D eigenvalue weighted by Crippen LogP contribution is 2.25. The molecule has 16 heavy (non-hydrogen) atoms. The van der Waals surface area contributed by atoms with E-state index < -0.39 is 0 Å². The molecule has 0 aliphatic carbocycles. The second-order valence-electron chi connectivity index (χ2n) is 5.28. The Labute approximate surface area is 97.7 Å². The first-order valence-electron chi connectivity index (χ1n) is 5.90. The molecule has 1 heterocycles. The minimum atomic E-state index is -0.0708. The first-order chi connectivity index (χ1) is 7.41. The van der Waals surface area contributed by atoms with Crippen LogP contribution in [0.1, 0.15) is 34.1 Å². The third kappa shape index (κ3) is 5.47. The van der Waals surface area contributed by atoms with Crippen molar-refractivity contribution in [2.75, 3.05) is 19.8 Å². The van der Waals surface area contributed by atoms with Crippen molar-refractivity contribution < 1.29 is 14.3 Å². The smallest absolute Gasteiger partial charge is 0.217 e. The van der Waals surface area contributed by atoms with E-state index in [0.717, 1.165) is 13.0 Å². The predicted molar refractivity (Wildman–Crippen MR) is 62.2 cm³/mol. The van der Waals surface area contributed by atoms with Gasteiger partial charge in [-0.05, 0) is 19.3 Å². The zero-order valence-electron chi connectivity index (χ0n) is 10.7. The van der Waals surface area contributed by atoms with Crippen LogP contribution in [0.5, 0.6) is 0 Å². The summed E-state index contributed by atoms with van der Waals surface area (Å²) in [5.74, 6) is 0.552. The summed E-state index contributed by atoms with van der Waals surface area (Å²) in [5.41, 5.74) is -0.0708. The van der Waals surface area contributed by atoms with Crippen LogP contribution in [0.25, 0.3) is 0 Å². The molecule has 4 nitrogen and oxygen atoms in total. The quantitative estimate of drug-likeness (QED) is 0.670. The maximum atomic E-state index is 11.0. The lowest BCUT2D eigenvalue weighted by molar-refractivity contribution is -0.120. The van der Waals surface area contributed by atoms with Crippen LogP contribution in [0.3, 0.4) is 0 Å². The molecule has 2 unspecified atom stereocenters. The van der Waals surface area contributed by atoms with Crippen molar-refractivity contribution in [2.45, 2.75) is 45.8 Å². The molecule has 4 heteroatoms. The fraction of sp³-hybridized carbons (Fsp3) is 0.917. The van der Waals surface area contributed by atoms with E-state index in [0.29, 0.717) is 19.1 Å². The Hall–Kier alpha value is -0.610. The van der Waals surface area contributed by atoms with Crippen LogP contribution in [0.2, 0.25) is 0 Å². The van der Waals surface area contributed by atoms with E-state index in [1.54, 1.807) is 6.92 Å². The summed E-state index contributed by atoms with van der Waals surface area (Å²) >= 11 is 0. The van der Waals surface area contributed by atoms with Gasteiger partial charge < -0.3 is 14.8 Å². The van der Waals surface area contributed by atoms with Crippen LogP contribution in [0.4, 0.5) is 0 Å². The Morgan fingerprint density at radius 2 is 2.19 bits per heavy atom. The van der Waals surface area contributed by atoms with Crippen LogP contribution >= 0.6 is 0 Å². The standard InChI is InChI=1S/C12H23NO3/c1-9(2)5-11(13-10(3)14)6-15-7-12(4)8-16-12/h9,11H,5-8H2,1-4H3,(H,13,14). The molecule has 1 N–H and O–H groups in total. The van der Waals surface area contributed by atoms with Gasteiger partial charge in [-0.3, -0.25) is 4.79 Å². The molecule has 0 radical (unpaired) electrons. The van der Waals surface area contributed by atoms with E-state index in [1.165, 1.54) is 0 Å². The highest BCUT2D eigenvalue weighted by Gasteiger charge is 2.39. The summed E-state index contributed by atoms with van der Waals surface area (Å²) in [7, 11) is 0. The highest BCUT2D eigenvalue weighted by molar-refractivity contribution is 5.73. The third-order valence-corrected chi connectivity index (χ3v) is 2.53. The molecule has 1 aliphatic heterocycles. The van der Waals surface area contributed by atoms with Crippen molar-refractivity contribution >= 4 is 5.91 Å². The fourth-order valence-corrected chi connectivity index (χ4v) is 1.65. The molecular weight excluding hydrogens is 206 g/mol. The zero-order valence-corrected chi connectivity index (χ0v) is 10.7. The highest BCUT2D eigenvalue weighted by atomic mass is 16.6. The van der Waals surface area contributed by atoms with Crippen molar-refractivity contribution in [1.29, 1.82) is 0 Å².